The van der Waals surface area contributed by atoms with Gasteiger partial charge in [-0.1, -0.05) is 0 Å². The van der Waals surface area contributed by atoms with Crippen molar-refractivity contribution in [2.75, 3.05) is 7.11 Å². The van der Waals surface area contributed by atoms with Gasteiger partial charge in [-0.15, -0.1) is 0 Å². The van der Waals surface area contributed by atoms with Crippen LogP contribution in [0.4, 0.5) is 0 Å². The van der Waals surface area contributed by atoms with Gasteiger partial charge in [0, 0.05) is 19.0 Å². The Labute approximate surface area is 87.6 Å². The van der Waals surface area contributed by atoms with Crippen LogP contribution in [0.15, 0.2) is 0 Å². The number of carbonyl (C=O) groups is 1. The third-order valence-corrected chi connectivity index (χ3v) is 2.22. The van der Waals surface area contributed by atoms with E-state index in [1.807, 2.05) is 0 Å². The highest BCUT2D eigenvalue weighted by Gasteiger charge is 2.20. The fourth-order valence-electron chi connectivity index (χ4n) is 1.48. The standard InChI is InChI=1S/C9H15N3O3/c1-5-6(4-7(10)9(13)14)8(15-3)12(2)11-5/h7H,4,10H2,1-3H3,(H,13,14). The van der Waals surface area contributed by atoms with Crippen LogP contribution in [0.5, 0.6) is 5.88 Å². The van der Waals surface area contributed by atoms with Crippen molar-refractivity contribution in [2.24, 2.45) is 12.8 Å². The summed E-state index contributed by atoms with van der Waals surface area (Å²) in [6.45, 7) is 1.80. The highest BCUT2D eigenvalue weighted by Crippen LogP contribution is 2.21. The molecule has 0 aliphatic rings. The SMILES string of the molecule is COc1c(CC(N)C(=O)O)c(C)nn1C. The summed E-state index contributed by atoms with van der Waals surface area (Å²) in [5, 5.41) is 12.8. The van der Waals surface area contributed by atoms with Gasteiger partial charge in [0.05, 0.1) is 12.8 Å². The number of aliphatic carboxylic acids is 1. The average Bonchev–Trinajstić information content (AvgIpc) is 2.41. The van der Waals surface area contributed by atoms with E-state index < -0.39 is 12.0 Å². The Hall–Kier alpha value is -1.56. The summed E-state index contributed by atoms with van der Waals surface area (Å²) in [7, 11) is 3.26. The predicted octanol–water partition coefficient (Wildman–Crippen LogP) is -0.308. The highest BCUT2D eigenvalue weighted by molar-refractivity contribution is 5.73. The number of ether oxygens (including phenoxy) is 1. The molecule has 0 fully saturated rings. The molecule has 1 aromatic heterocycles. The van der Waals surface area contributed by atoms with Gasteiger partial charge in [-0.3, -0.25) is 4.79 Å². The second-order valence-corrected chi connectivity index (χ2v) is 3.35. The molecule has 0 bridgehead atoms. The maximum absolute atomic E-state index is 10.6. The number of aromatic nitrogens is 2. The third-order valence-electron chi connectivity index (χ3n) is 2.22. The molecule has 1 aromatic rings. The normalized spacial score (nSPS) is 12.5. The molecule has 15 heavy (non-hydrogen) atoms. The van der Waals surface area contributed by atoms with E-state index in [2.05, 4.69) is 5.10 Å². The number of methoxy groups -OCH3 is 1. The van der Waals surface area contributed by atoms with E-state index in [9.17, 15) is 4.79 Å². The van der Waals surface area contributed by atoms with Crippen molar-refractivity contribution in [2.45, 2.75) is 19.4 Å². The van der Waals surface area contributed by atoms with Gasteiger partial charge in [-0.25, -0.2) is 4.68 Å². The van der Waals surface area contributed by atoms with E-state index in [1.165, 1.54) is 7.11 Å². The number of carboxylic acids is 1. The lowest BCUT2D eigenvalue weighted by molar-refractivity contribution is -0.138. The summed E-state index contributed by atoms with van der Waals surface area (Å²) in [6.07, 6.45) is 0.220. The first kappa shape index (κ1) is 11.5. The molecular weight excluding hydrogens is 198 g/mol. The minimum atomic E-state index is -1.03. The lowest BCUT2D eigenvalue weighted by Gasteiger charge is -2.07. The molecule has 0 aliphatic heterocycles. The molecule has 0 aliphatic carbocycles. The molecule has 3 N–H and O–H groups in total. The first-order valence-corrected chi connectivity index (χ1v) is 4.52. The van der Waals surface area contributed by atoms with Crippen LogP contribution in [0.2, 0.25) is 0 Å². The van der Waals surface area contributed by atoms with Crippen molar-refractivity contribution in [3.8, 4) is 5.88 Å². The zero-order valence-electron chi connectivity index (χ0n) is 9.02. The Morgan fingerprint density at radius 3 is 2.80 bits per heavy atom. The molecule has 0 spiro atoms. The van der Waals surface area contributed by atoms with Gasteiger partial charge in [-0.2, -0.15) is 5.10 Å². The number of hydrogen-bond acceptors (Lipinski definition) is 4. The Balaban J connectivity index is 2.98. The zero-order valence-corrected chi connectivity index (χ0v) is 9.02. The Bertz CT molecular complexity index is 373. The molecule has 6 heteroatoms. The molecule has 84 valence electrons. The molecule has 0 saturated heterocycles. The van der Waals surface area contributed by atoms with Crippen molar-refractivity contribution in [1.29, 1.82) is 0 Å². The predicted molar refractivity (Wildman–Crippen MR) is 53.8 cm³/mol. The molecular formula is C9H15N3O3. The summed E-state index contributed by atoms with van der Waals surface area (Å²) >= 11 is 0. The van der Waals surface area contributed by atoms with E-state index in [-0.39, 0.29) is 6.42 Å². The molecule has 1 unspecified atom stereocenters. The Morgan fingerprint density at radius 1 is 1.73 bits per heavy atom. The Kier molecular flexibility index (Phi) is 3.31. The number of carboxylic acid groups (broad SMARTS) is 1. The lowest BCUT2D eigenvalue weighted by atomic mass is 10.1. The summed E-state index contributed by atoms with van der Waals surface area (Å²) in [6, 6.07) is -0.929. The topological polar surface area (TPSA) is 90.4 Å². The first-order valence-electron chi connectivity index (χ1n) is 4.52. The van der Waals surface area contributed by atoms with Gasteiger partial charge in [0.1, 0.15) is 6.04 Å². The van der Waals surface area contributed by atoms with E-state index in [0.717, 1.165) is 11.3 Å². The number of nitrogens with zero attached hydrogens (tertiary/aromatic N) is 2. The van der Waals surface area contributed by atoms with Crippen LogP contribution >= 0.6 is 0 Å². The van der Waals surface area contributed by atoms with Gasteiger partial charge in [-0.05, 0) is 6.92 Å². The summed E-state index contributed by atoms with van der Waals surface area (Å²) in [5.41, 5.74) is 6.95. The fraction of sp³-hybridized carbons (Fsp3) is 0.556. The van der Waals surface area contributed by atoms with Crippen LogP contribution in [-0.4, -0.2) is 34.0 Å². The molecule has 6 nitrogen and oxygen atoms in total. The fourth-order valence-corrected chi connectivity index (χ4v) is 1.48. The molecule has 1 heterocycles. The van der Waals surface area contributed by atoms with Crippen LogP contribution in [0.25, 0.3) is 0 Å². The van der Waals surface area contributed by atoms with Crippen molar-refractivity contribution in [3.63, 3.8) is 0 Å². The van der Waals surface area contributed by atoms with E-state index in [0.29, 0.717) is 5.88 Å². The molecule has 0 saturated carbocycles. The molecule has 0 amide bonds. The molecule has 0 aromatic carbocycles. The highest BCUT2D eigenvalue weighted by atomic mass is 16.5. The number of nitrogens with two attached hydrogens (primary N) is 1. The minimum absolute atomic E-state index is 0.220. The average molecular weight is 213 g/mol. The summed E-state index contributed by atoms with van der Waals surface area (Å²) in [4.78, 5) is 10.6. The van der Waals surface area contributed by atoms with E-state index >= 15 is 0 Å². The first-order chi connectivity index (χ1) is 6.97. The lowest BCUT2D eigenvalue weighted by Crippen LogP contribution is -2.32. The van der Waals surface area contributed by atoms with Gasteiger partial charge in [0.25, 0.3) is 0 Å². The van der Waals surface area contributed by atoms with Crippen molar-refractivity contribution in [1.82, 2.24) is 9.78 Å². The zero-order chi connectivity index (χ0) is 11.6. The van der Waals surface area contributed by atoms with Gasteiger partial charge < -0.3 is 15.6 Å². The summed E-state index contributed by atoms with van der Waals surface area (Å²) < 4.78 is 6.70. The second-order valence-electron chi connectivity index (χ2n) is 3.35. The molecule has 1 atom stereocenters. The molecule has 1 rings (SSSR count). The van der Waals surface area contributed by atoms with Gasteiger partial charge in [0.2, 0.25) is 5.88 Å². The van der Waals surface area contributed by atoms with Gasteiger partial charge in [0.15, 0.2) is 0 Å². The van der Waals surface area contributed by atoms with Gasteiger partial charge >= 0.3 is 5.97 Å². The minimum Gasteiger partial charge on any atom is -0.481 e. The van der Waals surface area contributed by atoms with Crippen LogP contribution in [0, 0.1) is 6.92 Å². The third kappa shape index (κ3) is 2.27. The molecule has 0 radical (unpaired) electrons. The van der Waals surface area contributed by atoms with Crippen LogP contribution in [-0.2, 0) is 18.3 Å². The quantitative estimate of drug-likeness (QED) is 0.716. The van der Waals surface area contributed by atoms with Crippen molar-refractivity contribution >= 4 is 5.97 Å². The van der Waals surface area contributed by atoms with Crippen molar-refractivity contribution in [3.05, 3.63) is 11.3 Å². The van der Waals surface area contributed by atoms with Crippen molar-refractivity contribution < 1.29 is 14.6 Å². The van der Waals surface area contributed by atoms with Crippen LogP contribution in [0.1, 0.15) is 11.3 Å². The number of hydrogen-bond donors (Lipinski definition) is 2. The van der Waals surface area contributed by atoms with Crippen LogP contribution in [0.3, 0.4) is 0 Å². The number of aryl methyl sites for hydroxylation is 2. The maximum Gasteiger partial charge on any atom is 0.320 e. The number of rotatable bonds is 4. The largest absolute Gasteiger partial charge is 0.481 e. The Morgan fingerprint density at radius 2 is 2.33 bits per heavy atom. The van der Waals surface area contributed by atoms with E-state index in [4.69, 9.17) is 15.6 Å². The smallest absolute Gasteiger partial charge is 0.320 e. The summed E-state index contributed by atoms with van der Waals surface area (Å²) in [5.74, 6) is -0.468. The second kappa shape index (κ2) is 4.31. The maximum atomic E-state index is 10.6. The van der Waals surface area contributed by atoms with E-state index in [1.54, 1.807) is 18.7 Å². The van der Waals surface area contributed by atoms with Crippen LogP contribution < -0.4 is 10.5 Å². The monoisotopic (exact) mass is 213 g/mol.